The normalized spacial score (nSPS) is 14.9. The number of aromatic amines is 1. The molecule has 7 nitrogen and oxygen atoms in total. The molecule has 0 radical (unpaired) electrons. The van der Waals surface area contributed by atoms with E-state index >= 15 is 0 Å². The number of rotatable bonds is 5. The van der Waals surface area contributed by atoms with Crippen molar-refractivity contribution in [1.29, 1.82) is 0 Å². The zero-order valence-electron chi connectivity index (χ0n) is 17.0. The summed E-state index contributed by atoms with van der Waals surface area (Å²) >= 11 is 0. The summed E-state index contributed by atoms with van der Waals surface area (Å²) in [6.45, 7) is 5.13. The highest BCUT2D eigenvalue weighted by molar-refractivity contribution is 5.81. The summed E-state index contributed by atoms with van der Waals surface area (Å²) in [6.07, 6.45) is 5.47. The van der Waals surface area contributed by atoms with E-state index in [9.17, 15) is 0 Å². The van der Waals surface area contributed by atoms with Crippen molar-refractivity contribution in [2.24, 2.45) is 0 Å². The number of nitrogens with zero attached hydrogens (tertiary/aromatic N) is 5. The molecule has 5 rings (SSSR count). The Balaban J connectivity index is 1.24. The van der Waals surface area contributed by atoms with Crippen LogP contribution in [0.4, 0.5) is 11.5 Å². The van der Waals surface area contributed by atoms with E-state index in [1.165, 1.54) is 11.3 Å². The van der Waals surface area contributed by atoms with E-state index in [1.54, 1.807) is 12.4 Å². The third-order valence-corrected chi connectivity index (χ3v) is 5.65. The molecule has 1 aliphatic heterocycles. The van der Waals surface area contributed by atoms with Crippen molar-refractivity contribution in [3.63, 3.8) is 0 Å². The first-order valence-electron chi connectivity index (χ1n) is 10.3. The number of likely N-dealkylation sites (N-methyl/N-ethyl adjacent to an activating group) is 1. The number of H-pyrrole nitrogens is 1. The van der Waals surface area contributed by atoms with Crippen molar-refractivity contribution in [2.75, 3.05) is 43.4 Å². The topological polar surface area (TPSA) is 73.0 Å². The van der Waals surface area contributed by atoms with Crippen LogP contribution in [0.3, 0.4) is 0 Å². The van der Waals surface area contributed by atoms with Crippen LogP contribution < -0.4 is 10.2 Å². The van der Waals surface area contributed by atoms with Crippen LogP contribution in [-0.4, -0.2) is 58.3 Å². The minimum atomic E-state index is 0.719. The van der Waals surface area contributed by atoms with Gasteiger partial charge in [-0.1, -0.05) is 18.2 Å². The molecule has 4 aromatic rings. The van der Waals surface area contributed by atoms with Crippen LogP contribution in [0.5, 0.6) is 0 Å². The van der Waals surface area contributed by atoms with Crippen LogP contribution >= 0.6 is 0 Å². The van der Waals surface area contributed by atoms with Crippen molar-refractivity contribution in [1.82, 2.24) is 25.1 Å². The number of fused-ring (bicyclic) bond motifs is 1. The first kappa shape index (κ1) is 18.6. The second-order valence-corrected chi connectivity index (χ2v) is 7.76. The lowest BCUT2D eigenvalue weighted by molar-refractivity contribution is 0.313. The molecule has 7 heteroatoms. The van der Waals surface area contributed by atoms with Gasteiger partial charge in [-0.25, -0.2) is 4.98 Å². The molecule has 0 atom stereocenters. The van der Waals surface area contributed by atoms with Crippen LogP contribution in [-0.2, 0) is 6.54 Å². The Morgan fingerprint density at radius 3 is 2.53 bits per heavy atom. The second-order valence-electron chi connectivity index (χ2n) is 7.76. The van der Waals surface area contributed by atoms with Gasteiger partial charge in [0.2, 0.25) is 0 Å². The lowest BCUT2D eigenvalue weighted by Crippen LogP contribution is -2.44. The van der Waals surface area contributed by atoms with E-state index in [0.29, 0.717) is 0 Å². The van der Waals surface area contributed by atoms with Gasteiger partial charge in [0, 0.05) is 50.2 Å². The Labute approximate surface area is 175 Å². The van der Waals surface area contributed by atoms with Gasteiger partial charge in [-0.2, -0.15) is 5.10 Å². The summed E-state index contributed by atoms with van der Waals surface area (Å²) in [5, 5.41) is 10.2. The van der Waals surface area contributed by atoms with E-state index in [4.69, 9.17) is 4.98 Å². The highest BCUT2D eigenvalue weighted by atomic mass is 15.2. The molecular formula is C23H25N7. The Morgan fingerprint density at radius 2 is 1.77 bits per heavy atom. The number of nitrogens with one attached hydrogen (secondary N) is 2. The molecule has 1 aliphatic rings. The maximum absolute atomic E-state index is 4.70. The zero-order valence-corrected chi connectivity index (χ0v) is 17.0. The van der Waals surface area contributed by atoms with Crippen LogP contribution in [0.15, 0.2) is 61.1 Å². The Hall–Kier alpha value is -3.45. The summed E-state index contributed by atoms with van der Waals surface area (Å²) < 4.78 is 0. The average Bonchev–Trinajstić information content (AvgIpc) is 3.33. The highest BCUT2D eigenvalue weighted by Gasteiger charge is 2.14. The first-order valence-corrected chi connectivity index (χ1v) is 10.3. The minimum absolute atomic E-state index is 0.719. The molecule has 0 spiro atoms. The number of piperazine rings is 1. The molecule has 0 unspecified atom stereocenters. The third kappa shape index (κ3) is 3.97. The van der Waals surface area contributed by atoms with Gasteiger partial charge < -0.3 is 15.1 Å². The van der Waals surface area contributed by atoms with Gasteiger partial charge in [0.25, 0.3) is 0 Å². The lowest BCUT2D eigenvalue weighted by Gasteiger charge is -2.34. The lowest BCUT2D eigenvalue weighted by atomic mass is 10.1. The predicted molar refractivity (Wildman–Crippen MR) is 121 cm³/mol. The Bertz CT molecular complexity index is 1110. The maximum atomic E-state index is 4.70. The largest absolute Gasteiger partial charge is 0.369 e. The SMILES string of the molecule is CN1CCN(c2ccc(CNc3cnc4cc(-c5cn[nH]c5)ccc4n3)cc2)CC1. The van der Waals surface area contributed by atoms with Gasteiger partial charge in [0.15, 0.2) is 0 Å². The molecule has 0 bridgehead atoms. The molecule has 0 amide bonds. The number of aromatic nitrogens is 4. The van der Waals surface area contributed by atoms with Crippen LogP contribution in [0.25, 0.3) is 22.2 Å². The number of anilines is 2. The van der Waals surface area contributed by atoms with Crippen molar-refractivity contribution >= 4 is 22.5 Å². The number of benzene rings is 2. The minimum Gasteiger partial charge on any atom is -0.369 e. The maximum Gasteiger partial charge on any atom is 0.145 e. The molecule has 2 N–H and O–H groups in total. The summed E-state index contributed by atoms with van der Waals surface area (Å²) in [6, 6.07) is 14.9. The fourth-order valence-electron chi connectivity index (χ4n) is 3.77. The molecule has 1 fully saturated rings. The molecule has 30 heavy (non-hydrogen) atoms. The fraction of sp³-hybridized carbons (Fsp3) is 0.261. The van der Waals surface area contributed by atoms with Crippen molar-refractivity contribution in [3.05, 3.63) is 66.6 Å². The molecule has 152 valence electrons. The Morgan fingerprint density at radius 1 is 0.933 bits per heavy atom. The molecule has 3 heterocycles. The van der Waals surface area contributed by atoms with Gasteiger partial charge in [-0.15, -0.1) is 0 Å². The first-order chi connectivity index (χ1) is 14.7. The van der Waals surface area contributed by atoms with Gasteiger partial charge in [-0.3, -0.25) is 10.1 Å². The third-order valence-electron chi connectivity index (χ3n) is 5.65. The van der Waals surface area contributed by atoms with E-state index < -0.39 is 0 Å². The summed E-state index contributed by atoms with van der Waals surface area (Å²) in [5.74, 6) is 0.779. The van der Waals surface area contributed by atoms with E-state index in [2.05, 4.69) is 61.6 Å². The quantitative estimate of drug-likeness (QED) is 0.536. The summed E-state index contributed by atoms with van der Waals surface area (Å²) in [7, 11) is 2.18. The molecule has 1 saturated heterocycles. The average molecular weight is 400 g/mol. The fourth-order valence-corrected chi connectivity index (χ4v) is 3.77. The van der Waals surface area contributed by atoms with Gasteiger partial charge in [0.05, 0.1) is 23.4 Å². The molecule has 0 saturated carbocycles. The second kappa shape index (κ2) is 8.12. The van der Waals surface area contributed by atoms with Gasteiger partial charge in [0.1, 0.15) is 5.82 Å². The number of hydrogen-bond donors (Lipinski definition) is 2. The summed E-state index contributed by atoms with van der Waals surface area (Å²) in [4.78, 5) is 14.1. The summed E-state index contributed by atoms with van der Waals surface area (Å²) in [5.41, 5.74) is 6.39. The van der Waals surface area contributed by atoms with E-state index in [-0.39, 0.29) is 0 Å². The molecule has 2 aromatic heterocycles. The van der Waals surface area contributed by atoms with Gasteiger partial charge in [-0.05, 0) is 42.4 Å². The zero-order chi connectivity index (χ0) is 20.3. The van der Waals surface area contributed by atoms with Crippen LogP contribution in [0, 0.1) is 0 Å². The smallest absolute Gasteiger partial charge is 0.145 e. The van der Waals surface area contributed by atoms with Crippen molar-refractivity contribution in [3.8, 4) is 11.1 Å². The molecular weight excluding hydrogens is 374 g/mol. The highest BCUT2D eigenvalue weighted by Crippen LogP contribution is 2.23. The molecule has 2 aromatic carbocycles. The number of hydrogen-bond acceptors (Lipinski definition) is 6. The van der Waals surface area contributed by atoms with Crippen molar-refractivity contribution < 1.29 is 0 Å². The molecule has 0 aliphatic carbocycles. The Kier molecular flexibility index (Phi) is 5.03. The predicted octanol–water partition coefficient (Wildman–Crippen LogP) is 3.38. The van der Waals surface area contributed by atoms with Crippen LogP contribution in [0.1, 0.15) is 5.56 Å². The van der Waals surface area contributed by atoms with Crippen molar-refractivity contribution in [2.45, 2.75) is 6.54 Å². The monoisotopic (exact) mass is 399 g/mol. The van der Waals surface area contributed by atoms with Crippen LogP contribution in [0.2, 0.25) is 0 Å². The van der Waals surface area contributed by atoms with E-state index in [1.807, 2.05) is 24.4 Å². The van der Waals surface area contributed by atoms with E-state index in [0.717, 1.165) is 60.7 Å². The standard InChI is InChI=1S/C23H25N7/c1-29-8-10-30(11-9-29)20-5-2-17(3-6-20)13-25-23-16-24-22-12-18(4-7-21(22)28-23)19-14-26-27-15-19/h2-7,12,14-16H,8-11,13H2,1H3,(H,25,28)(H,26,27). The van der Waals surface area contributed by atoms with Gasteiger partial charge >= 0.3 is 0 Å².